The Balaban J connectivity index is 1.03. The maximum Gasteiger partial charge on any atom is 0.143 e. The lowest BCUT2D eigenvalue weighted by Gasteiger charge is -2.36. The normalized spacial score (nSPS) is 11.5. The van der Waals surface area contributed by atoms with Gasteiger partial charge in [-0.2, -0.15) is 0 Å². The van der Waals surface area contributed by atoms with Gasteiger partial charge in [-0.05, 0) is 28.8 Å². The smallest absolute Gasteiger partial charge is 0.143 e. The zero-order valence-corrected chi connectivity index (χ0v) is 25.4. The van der Waals surface area contributed by atoms with Gasteiger partial charge in [-0.25, -0.2) is 0 Å². The lowest BCUT2D eigenvalue weighted by molar-refractivity contribution is -0.0392. The van der Waals surface area contributed by atoms with Gasteiger partial charge in [0.2, 0.25) is 0 Å². The molecule has 44 heavy (non-hydrogen) atoms. The monoisotopic (exact) mass is 600 g/mol. The SMILES string of the molecule is c1ccc(OCCOCCOCCOCCOCCOCCOC(c2ccccc2)(c2ccccc2)c2ccccc2)cc1. The molecule has 4 aromatic rings. The summed E-state index contributed by atoms with van der Waals surface area (Å²) in [7, 11) is 0. The molecule has 0 aromatic heterocycles. The molecule has 0 saturated heterocycles. The Bertz CT molecular complexity index is 1140. The summed E-state index contributed by atoms with van der Waals surface area (Å²) in [5, 5.41) is 0. The summed E-state index contributed by atoms with van der Waals surface area (Å²) < 4.78 is 40.4. The number of ether oxygens (including phenoxy) is 7. The van der Waals surface area contributed by atoms with Crippen LogP contribution in [0, 0.1) is 0 Å². The topological polar surface area (TPSA) is 64.6 Å². The van der Waals surface area contributed by atoms with Gasteiger partial charge in [0.15, 0.2) is 0 Å². The Kier molecular flexibility index (Phi) is 15.5. The van der Waals surface area contributed by atoms with Gasteiger partial charge in [-0.3, -0.25) is 0 Å². The quantitative estimate of drug-likeness (QED) is 0.0747. The third kappa shape index (κ3) is 11.2. The molecule has 0 unspecified atom stereocenters. The number of para-hydroxylation sites is 1. The second kappa shape index (κ2) is 20.4. The van der Waals surface area contributed by atoms with Crippen molar-refractivity contribution < 1.29 is 33.2 Å². The van der Waals surface area contributed by atoms with Crippen molar-refractivity contribution in [1.29, 1.82) is 0 Å². The minimum Gasteiger partial charge on any atom is -0.491 e. The van der Waals surface area contributed by atoms with Gasteiger partial charge >= 0.3 is 0 Å². The second-order valence-electron chi connectivity index (χ2n) is 9.85. The van der Waals surface area contributed by atoms with Crippen molar-refractivity contribution in [1.82, 2.24) is 0 Å². The average Bonchev–Trinajstić information content (AvgIpc) is 3.09. The standard InChI is InChI=1S/C37H44O7/c1-5-13-33(14-6-1)37(34-15-7-2-8-16-34,35-17-9-3-10-18-35)44-32-30-42-28-26-40-24-22-38-21-23-39-25-27-41-29-31-43-36-19-11-4-12-20-36/h1-20H,21-32H2. The molecule has 0 aliphatic heterocycles. The van der Waals surface area contributed by atoms with E-state index in [4.69, 9.17) is 33.2 Å². The summed E-state index contributed by atoms with van der Waals surface area (Å²) >= 11 is 0. The van der Waals surface area contributed by atoms with Gasteiger partial charge < -0.3 is 33.2 Å². The first-order valence-electron chi connectivity index (χ1n) is 15.3. The summed E-state index contributed by atoms with van der Waals surface area (Å²) in [6.07, 6.45) is 0. The summed E-state index contributed by atoms with van der Waals surface area (Å²) in [6.45, 7) is 5.99. The van der Waals surface area contributed by atoms with Crippen LogP contribution in [-0.2, 0) is 34.0 Å². The minimum absolute atomic E-state index is 0.425. The van der Waals surface area contributed by atoms with Crippen LogP contribution < -0.4 is 4.74 Å². The maximum absolute atomic E-state index is 6.72. The van der Waals surface area contributed by atoms with E-state index in [1.165, 1.54) is 0 Å². The van der Waals surface area contributed by atoms with Gasteiger partial charge in [0.05, 0.1) is 72.7 Å². The van der Waals surface area contributed by atoms with E-state index >= 15 is 0 Å². The highest BCUT2D eigenvalue weighted by Gasteiger charge is 2.37. The van der Waals surface area contributed by atoms with E-state index in [9.17, 15) is 0 Å². The molecule has 4 rings (SSSR count). The Morgan fingerprint density at radius 2 is 0.614 bits per heavy atom. The number of hydrogen-bond donors (Lipinski definition) is 0. The number of benzene rings is 4. The molecule has 4 aromatic carbocycles. The first-order valence-corrected chi connectivity index (χ1v) is 15.3. The fourth-order valence-electron chi connectivity index (χ4n) is 4.74. The van der Waals surface area contributed by atoms with Gasteiger partial charge in [-0.15, -0.1) is 0 Å². The third-order valence-corrected chi connectivity index (χ3v) is 6.81. The summed E-state index contributed by atoms with van der Waals surface area (Å²) in [5.41, 5.74) is 2.48. The molecular formula is C37H44O7. The highest BCUT2D eigenvalue weighted by molar-refractivity contribution is 5.47. The lowest BCUT2D eigenvalue weighted by Crippen LogP contribution is -2.34. The van der Waals surface area contributed by atoms with E-state index in [-0.39, 0.29) is 0 Å². The van der Waals surface area contributed by atoms with Crippen LogP contribution >= 0.6 is 0 Å². The van der Waals surface area contributed by atoms with E-state index in [0.29, 0.717) is 79.3 Å². The van der Waals surface area contributed by atoms with Crippen LogP contribution in [0.3, 0.4) is 0 Å². The van der Waals surface area contributed by atoms with Gasteiger partial charge in [0.25, 0.3) is 0 Å². The van der Waals surface area contributed by atoms with Crippen molar-refractivity contribution in [2.45, 2.75) is 5.60 Å². The molecular weight excluding hydrogens is 556 g/mol. The molecule has 0 fully saturated rings. The van der Waals surface area contributed by atoms with Crippen molar-refractivity contribution in [3.05, 3.63) is 138 Å². The first kappa shape index (κ1) is 33.3. The minimum atomic E-state index is -0.741. The molecule has 0 amide bonds. The van der Waals surface area contributed by atoms with Crippen LogP contribution in [0.5, 0.6) is 5.75 Å². The van der Waals surface area contributed by atoms with Gasteiger partial charge in [0, 0.05) is 0 Å². The molecule has 0 N–H and O–H groups in total. The van der Waals surface area contributed by atoms with Crippen molar-refractivity contribution in [3.8, 4) is 5.75 Å². The van der Waals surface area contributed by atoms with Crippen LogP contribution in [0.15, 0.2) is 121 Å². The largest absolute Gasteiger partial charge is 0.491 e. The fourth-order valence-corrected chi connectivity index (χ4v) is 4.74. The molecule has 0 aliphatic rings. The Hall–Kier alpha value is -3.56. The summed E-state index contributed by atoms with van der Waals surface area (Å²) in [4.78, 5) is 0. The molecule has 0 spiro atoms. The van der Waals surface area contributed by atoms with Crippen LogP contribution in [0.2, 0.25) is 0 Å². The zero-order chi connectivity index (χ0) is 30.4. The van der Waals surface area contributed by atoms with Crippen molar-refractivity contribution in [2.75, 3.05) is 79.3 Å². The van der Waals surface area contributed by atoms with E-state index in [0.717, 1.165) is 22.4 Å². The summed E-state index contributed by atoms with van der Waals surface area (Å²) in [5.74, 6) is 0.847. The van der Waals surface area contributed by atoms with Crippen LogP contribution in [0.1, 0.15) is 16.7 Å². The average molecular weight is 601 g/mol. The highest BCUT2D eigenvalue weighted by atomic mass is 16.6. The molecule has 0 bridgehead atoms. The van der Waals surface area contributed by atoms with E-state index in [1.54, 1.807) is 0 Å². The fraction of sp³-hybridized carbons (Fsp3) is 0.351. The van der Waals surface area contributed by atoms with E-state index < -0.39 is 5.60 Å². The van der Waals surface area contributed by atoms with E-state index in [1.807, 2.05) is 84.9 Å². The predicted molar refractivity (Wildman–Crippen MR) is 171 cm³/mol. The maximum atomic E-state index is 6.72. The molecule has 7 nitrogen and oxygen atoms in total. The Morgan fingerprint density at radius 1 is 0.318 bits per heavy atom. The second-order valence-corrected chi connectivity index (χ2v) is 9.85. The summed E-state index contributed by atoms with van der Waals surface area (Å²) in [6, 6.07) is 40.7. The Morgan fingerprint density at radius 3 is 0.977 bits per heavy atom. The molecule has 234 valence electrons. The Labute approximate surface area is 261 Å². The molecule has 0 atom stereocenters. The zero-order valence-electron chi connectivity index (χ0n) is 25.4. The first-order chi connectivity index (χ1) is 21.9. The van der Waals surface area contributed by atoms with Crippen molar-refractivity contribution in [2.24, 2.45) is 0 Å². The highest BCUT2D eigenvalue weighted by Crippen LogP contribution is 2.40. The molecule has 0 radical (unpaired) electrons. The van der Waals surface area contributed by atoms with Crippen LogP contribution in [-0.4, -0.2) is 79.3 Å². The van der Waals surface area contributed by atoms with Gasteiger partial charge in [-0.1, -0.05) is 109 Å². The van der Waals surface area contributed by atoms with E-state index in [2.05, 4.69) is 36.4 Å². The van der Waals surface area contributed by atoms with Crippen molar-refractivity contribution in [3.63, 3.8) is 0 Å². The molecule has 0 saturated carbocycles. The lowest BCUT2D eigenvalue weighted by atomic mass is 9.80. The van der Waals surface area contributed by atoms with Gasteiger partial charge in [0.1, 0.15) is 18.0 Å². The van der Waals surface area contributed by atoms with Crippen LogP contribution in [0.25, 0.3) is 0 Å². The number of rotatable bonds is 23. The van der Waals surface area contributed by atoms with Crippen molar-refractivity contribution >= 4 is 0 Å². The molecule has 0 aliphatic carbocycles. The molecule has 0 heterocycles. The number of hydrogen-bond acceptors (Lipinski definition) is 7. The third-order valence-electron chi connectivity index (χ3n) is 6.81. The molecule has 7 heteroatoms. The van der Waals surface area contributed by atoms with Crippen LogP contribution in [0.4, 0.5) is 0 Å². The predicted octanol–water partition coefficient (Wildman–Crippen LogP) is 6.16.